The van der Waals surface area contributed by atoms with Crippen LogP contribution in [0.4, 0.5) is 0 Å². The van der Waals surface area contributed by atoms with E-state index in [9.17, 15) is 15.0 Å². The molecule has 1 aromatic carbocycles. The van der Waals surface area contributed by atoms with Gasteiger partial charge in [0.2, 0.25) is 0 Å². The summed E-state index contributed by atoms with van der Waals surface area (Å²) < 4.78 is 0. The van der Waals surface area contributed by atoms with Crippen molar-refractivity contribution in [2.45, 2.75) is 26.4 Å². The molecule has 0 aliphatic carbocycles. The van der Waals surface area contributed by atoms with E-state index in [1.165, 1.54) is 13.0 Å². The largest absolute Gasteiger partial charge is 0.507 e. The summed E-state index contributed by atoms with van der Waals surface area (Å²) in [5, 5.41) is 28.2. The fourth-order valence-electron chi connectivity index (χ4n) is 1.29. The van der Waals surface area contributed by atoms with E-state index in [2.05, 4.69) is 11.8 Å². The fourth-order valence-corrected chi connectivity index (χ4v) is 1.29. The van der Waals surface area contributed by atoms with Gasteiger partial charge in [0.1, 0.15) is 11.5 Å². The van der Waals surface area contributed by atoms with Crippen molar-refractivity contribution < 1.29 is 20.1 Å². The first-order chi connectivity index (χ1) is 7.97. The van der Waals surface area contributed by atoms with Crippen LogP contribution >= 0.6 is 0 Å². The lowest BCUT2D eigenvalue weighted by atomic mass is 10.0. The number of aliphatic hydroxyl groups is 1. The van der Waals surface area contributed by atoms with E-state index in [0.29, 0.717) is 6.29 Å². The Morgan fingerprint density at radius 3 is 2.65 bits per heavy atom. The number of hydrogen-bond donors (Lipinski definition) is 3. The van der Waals surface area contributed by atoms with Crippen LogP contribution in [0.5, 0.6) is 11.5 Å². The molecule has 1 unspecified atom stereocenters. The van der Waals surface area contributed by atoms with Crippen molar-refractivity contribution in [3.05, 3.63) is 22.8 Å². The number of aldehydes is 1. The molecule has 0 aliphatic heterocycles. The lowest BCUT2D eigenvalue weighted by Crippen LogP contribution is -1.96. The van der Waals surface area contributed by atoms with Gasteiger partial charge in [-0.3, -0.25) is 4.79 Å². The molecule has 1 rings (SSSR count). The van der Waals surface area contributed by atoms with Crippen LogP contribution in [0.15, 0.2) is 6.07 Å². The quantitative estimate of drug-likeness (QED) is 0.533. The Balaban J connectivity index is 3.23. The Bertz CT molecular complexity index is 492. The molecule has 90 valence electrons. The number of hydrogen-bond acceptors (Lipinski definition) is 4. The summed E-state index contributed by atoms with van der Waals surface area (Å²) in [5.41, 5.74) is 0.549. The molecule has 1 atom stereocenters. The van der Waals surface area contributed by atoms with Crippen molar-refractivity contribution in [1.82, 2.24) is 0 Å². The van der Waals surface area contributed by atoms with Crippen LogP contribution in [-0.4, -0.2) is 27.7 Å². The van der Waals surface area contributed by atoms with Gasteiger partial charge in [-0.1, -0.05) is 11.8 Å². The molecule has 0 amide bonds. The van der Waals surface area contributed by atoms with Crippen molar-refractivity contribution in [3.63, 3.8) is 0 Å². The maximum Gasteiger partial charge on any atom is 0.155 e. The van der Waals surface area contributed by atoms with Crippen molar-refractivity contribution in [1.29, 1.82) is 0 Å². The van der Waals surface area contributed by atoms with E-state index in [1.54, 1.807) is 6.92 Å². The van der Waals surface area contributed by atoms with E-state index < -0.39 is 6.10 Å². The molecule has 0 heterocycles. The number of aliphatic hydroxyl groups excluding tert-OH is 1. The lowest BCUT2D eigenvalue weighted by molar-refractivity contribution is 0.112. The molecule has 1 aromatic rings. The van der Waals surface area contributed by atoms with Crippen LogP contribution in [-0.2, 0) is 0 Å². The van der Waals surface area contributed by atoms with Gasteiger partial charge in [0.05, 0.1) is 11.7 Å². The van der Waals surface area contributed by atoms with E-state index >= 15 is 0 Å². The summed E-state index contributed by atoms with van der Waals surface area (Å²) >= 11 is 0. The van der Waals surface area contributed by atoms with E-state index in [1.807, 2.05) is 0 Å². The summed E-state index contributed by atoms with van der Waals surface area (Å²) in [5.74, 6) is 4.93. The van der Waals surface area contributed by atoms with Crippen LogP contribution in [0.1, 0.15) is 34.8 Å². The van der Waals surface area contributed by atoms with Crippen LogP contribution in [0.3, 0.4) is 0 Å². The highest BCUT2D eigenvalue weighted by Gasteiger charge is 2.12. The molecule has 0 spiro atoms. The maximum atomic E-state index is 10.8. The maximum absolute atomic E-state index is 10.8. The first kappa shape index (κ1) is 13.1. The van der Waals surface area contributed by atoms with Crippen molar-refractivity contribution >= 4 is 6.29 Å². The summed E-state index contributed by atoms with van der Waals surface area (Å²) in [6.45, 7) is 3.10. The molecule has 0 aromatic heterocycles. The summed E-state index contributed by atoms with van der Waals surface area (Å²) in [6, 6.07) is 1.33. The van der Waals surface area contributed by atoms with E-state index in [4.69, 9.17) is 5.11 Å². The Kier molecular flexibility index (Phi) is 4.13. The third-order valence-corrected chi connectivity index (χ3v) is 2.30. The molecule has 4 heteroatoms. The number of benzene rings is 1. The minimum atomic E-state index is -0.560. The molecule has 0 radical (unpaired) electrons. The smallest absolute Gasteiger partial charge is 0.155 e. The SMILES string of the molecule is Cc1c(O)cc(C#CCC(C)O)c(C=O)c1O. The molecule has 0 saturated heterocycles. The zero-order valence-corrected chi connectivity index (χ0v) is 9.69. The predicted octanol–water partition coefficient (Wildman–Crippen LogP) is 1.34. The first-order valence-corrected chi connectivity index (χ1v) is 5.15. The minimum absolute atomic E-state index is 0.0541. The number of carbonyl (C=O) groups excluding carboxylic acids is 1. The molecule has 0 saturated carbocycles. The number of phenols is 2. The topological polar surface area (TPSA) is 77.8 Å². The van der Waals surface area contributed by atoms with Gasteiger partial charge in [0, 0.05) is 17.5 Å². The van der Waals surface area contributed by atoms with Crippen LogP contribution in [0.25, 0.3) is 0 Å². The molecule has 4 nitrogen and oxygen atoms in total. The minimum Gasteiger partial charge on any atom is -0.507 e. The Morgan fingerprint density at radius 2 is 2.12 bits per heavy atom. The standard InChI is InChI=1S/C13H14O4/c1-8(15)4-3-5-10-6-12(16)9(2)13(17)11(10)7-14/h6-8,15-17H,4H2,1-2H3. The Hall–Kier alpha value is -1.99. The van der Waals surface area contributed by atoms with Crippen molar-refractivity contribution in [2.24, 2.45) is 0 Å². The second-order valence-electron chi connectivity index (χ2n) is 3.80. The van der Waals surface area contributed by atoms with Gasteiger partial charge < -0.3 is 15.3 Å². The average Bonchev–Trinajstić information content (AvgIpc) is 2.26. The molecular formula is C13H14O4. The molecular weight excluding hydrogens is 220 g/mol. The van der Waals surface area contributed by atoms with E-state index in [-0.39, 0.29) is 34.6 Å². The lowest BCUT2D eigenvalue weighted by Gasteiger charge is -2.06. The molecule has 0 fully saturated rings. The van der Waals surface area contributed by atoms with Crippen molar-refractivity contribution in [2.75, 3.05) is 0 Å². The number of rotatable bonds is 2. The van der Waals surface area contributed by atoms with Gasteiger partial charge in [0.15, 0.2) is 6.29 Å². The molecule has 0 bridgehead atoms. The zero-order chi connectivity index (χ0) is 13.0. The second kappa shape index (κ2) is 5.37. The monoisotopic (exact) mass is 234 g/mol. The van der Waals surface area contributed by atoms with Gasteiger partial charge in [0.25, 0.3) is 0 Å². The summed E-state index contributed by atoms with van der Waals surface area (Å²) in [6.07, 6.45) is 0.191. The van der Waals surface area contributed by atoms with Crippen LogP contribution in [0.2, 0.25) is 0 Å². The van der Waals surface area contributed by atoms with Crippen LogP contribution < -0.4 is 0 Å². The van der Waals surface area contributed by atoms with Gasteiger partial charge in [-0.25, -0.2) is 0 Å². The highest BCUT2D eigenvalue weighted by Crippen LogP contribution is 2.31. The zero-order valence-electron chi connectivity index (χ0n) is 9.69. The fraction of sp³-hybridized carbons (Fsp3) is 0.308. The third-order valence-electron chi connectivity index (χ3n) is 2.30. The Labute approximate surface area is 99.5 Å². The number of aromatic hydroxyl groups is 2. The van der Waals surface area contributed by atoms with Gasteiger partial charge in [-0.15, -0.1) is 0 Å². The molecule has 3 N–H and O–H groups in total. The Morgan fingerprint density at radius 1 is 1.47 bits per heavy atom. The average molecular weight is 234 g/mol. The van der Waals surface area contributed by atoms with Gasteiger partial charge >= 0.3 is 0 Å². The normalized spacial score (nSPS) is 11.5. The van der Waals surface area contributed by atoms with E-state index in [0.717, 1.165) is 0 Å². The summed E-state index contributed by atoms with van der Waals surface area (Å²) in [7, 11) is 0. The molecule has 0 aliphatic rings. The predicted molar refractivity (Wildman–Crippen MR) is 63.1 cm³/mol. The van der Waals surface area contributed by atoms with Crippen LogP contribution in [0, 0.1) is 18.8 Å². The van der Waals surface area contributed by atoms with Crippen molar-refractivity contribution in [3.8, 4) is 23.3 Å². The van der Waals surface area contributed by atoms with Gasteiger partial charge in [-0.2, -0.15) is 0 Å². The van der Waals surface area contributed by atoms with Gasteiger partial charge in [-0.05, 0) is 19.9 Å². The molecule has 17 heavy (non-hydrogen) atoms. The highest BCUT2D eigenvalue weighted by molar-refractivity contribution is 5.85. The highest BCUT2D eigenvalue weighted by atomic mass is 16.3. The number of phenolic OH excluding ortho intramolecular Hbond substituents is 2. The summed E-state index contributed by atoms with van der Waals surface area (Å²) in [4.78, 5) is 10.8. The first-order valence-electron chi connectivity index (χ1n) is 5.15. The third kappa shape index (κ3) is 2.99. The number of carbonyl (C=O) groups is 1. The second-order valence-corrected chi connectivity index (χ2v) is 3.80.